The van der Waals surface area contributed by atoms with Gasteiger partial charge < -0.3 is 10.0 Å². The summed E-state index contributed by atoms with van der Waals surface area (Å²) in [7, 11) is 0. The molecular formula is C14H18BrNO2. The van der Waals surface area contributed by atoms with Crippen molar-refractivity contribution < 1.29 is 9.90 Å². The largest absolute Gasteiger partial charge is 0.390 e. The van der Waals surface area contributed by atoms with E-state index < -0.39 is 5.60 Å². The van der Waals surface area contributed by atoms with Crippen LogP contribution >= 0.6 is 15.9 Å². The molecule has 0 spiro atoms. The van der Waals surface area contributed by atoms with E-state index in [1.807, 2.05) is 25.1 Å². The number of nitrogens with zero attached hydrogens (tertiary/aromatic N) is 1. The van der Waals surface area contributed by atoms with Crippen molar-refractivity contribution in [3.8, 4) is 0 Å². The molecule has 3 nitrogen and oxygen atoms in total. The Labute approximate surface area is 116 Å². The molecule has 0 saturated carbocycles. The molecule has 98 valence electrons. The summed E-state index contributed by atoms with van der Waals surface area (Å²) in [6.45, 7) is 3.68. The second-order valence-electron chi connectivity index (χ2n) is 5.17. The third kappa shape index (κ3) is 3.12. The fourth-order valence-corrected chi connectivity index (χ4v) is 3.00. The highest BCUT2D eigenvalue weighted by Crippen LogP contribution is 2.31. The minimum atomic E-state index is -0.552. The zero-order valence-electron chi connectivity index (χ0n) is 10.5. The maximum Gasteiger partial charge on any atom is 0.150 e. The number of anilines is 1. The van der Waals surface area contributed by atoms with Gasteiger partial charge in [-0.25, -0.2) is 0 Å². The topological polar surface area (TPSA) is 40.5 Å². The van der Waals surface area contributed by atoms with E-state index in [4.69, 9.17) is 0 Å². The Bertz CT molecular complexity index is 445. The van der Waals surface area contributed by atoms with Gasteiger partial charge in [0.2, 0.25) is 0 Å². The minimum Gasteiger partial charge on any atom is -0.390 e. The van der Waals surface area contributed by atoms with Gasteiger partial charge in [-0.05, 0) is 60.3 Å². The van der Waals surface area contributed by atoms with Crippen molar-refractivity contribution in [1.82, 2.24) is 0 Å². The monoisotopic (exact) mass is 311 g/mol. The standard InChI is InChI=1S/C14H18BrNO2/c1-14(18)5-2-7-16(8-6-14)13-4-3-11(10-17)9-12(13)15/h3-4,9-10,18H,2,5-8H2,1H3. The highest BCUT2D eigenvalue weighted by atomic mass is 79.9. The van der Waals surface area contributed by atoms with Crippen LogP contribution in [0.3, 0.4) is 0 Å². The first-order valence-corrected chi connectivity index (χ1v) is 7.03. The molecule has 2 rings (SSSR count). The smallest absolute Gasteiger partial charge is 0.150 e. The van der Waals surface area contributed by atoms with Crippen LogP contribution in [0.15, 0.2) is 22.7 Å². The maximum atomic E-state index is 10.7. The van der Waals surface area contributed by atoms with E-state index in [1.165, 1.54) is 0 Å². The maximum absolute atomic E-state index is 10.7. The average molecular weight is 312 g/mol. The Morgan fingerprint density at radius 1 is 1.39 bits per heavy atom. The van der Waals surface area contributed by atoms with Crippen molar-refractivity contribution >= 4 is 27.9 Å². The summed E-state index contributed by atoms with van der Waals surface area (Å²) in [4.78, 5) is 13.0. The quantitative estimate of drug-likeness (QED) is 0.854. The summed E-state index contributed by atoms with van der Waals surface area (Å²) in [6, 6.07) is 5.63. The summed E-state index contributed by atoms with van der Waals surface area (Å²) < 4.78 is 0.939. The van der Waals surface area contributed by atoms with Crippen molar-refractivity contribution in [2.24, 2.45) is 0 Å². The second-order valence-corrected chi connectivity index (χ2v) is 6.02. The number of aldehydes is 1. The van der Waals surface area contributed by atoms with Crippen molar-refractivity contribution in [3.63, 3.8) is 0 Å². The van der Waals surface area contributed by atoms with Gasteiger partial charge in [0.05, 0.1) is 11.3 Å². The highest BCUT2D eigenvalue weighted by Gasteiger charge is 2.25. The molecular weight excluding hydrogens is 294 g/mol. The number of halogens is 1. The van der Waals surface area contributed by atoms with E-state index in [0.717, 1.165) is 48.8 Å². The molecule has 1 fully saturated rings. The molecule has 1 unspecified atom stereocenters. The molecule has 1 aliphatic heterocycles. The lowest BCUT2D eigenvalue weighted by atomic mass is 9.98. The Kier molecular flexibility index (Phi) is 4.07. The fraction of sp³-hybridized carbons (Fsp3) is 0.500. The summed E-state index contributed by atoms with van der Waals surface area (Å²) in [5.74, 6) is 0. The van der Waals surface area contributed by atoms with E-state index in [2.05, 4.69) is 20.8 Å². The van der Waals surface area contributed by atoms with Crippen molar-refractivity contribution in [2.75, 3.05) is 18.0 Å². The molecule has 1 atom stereocenters. The normalized spacial score (nSPS) is 24.7. The molecule has 1 aromatic carbocycles. The molecule has 1 saturated heterocycles. The van der Waals surface area contributed by atoms with Crippen molar-refractivity contribution in [2.45, 2.75) is 31.8 Å². The number of hydrogen-bond donors (Lipinski definition) is 1. The van der Waals surface area contributed by atoms with Crippen molar-refractivity contribution in [3.05, 3.63) is 28.2 Å². The van der Waals surface area contributed by atoms with Gasteiger partial charge in [-0.15, -0.1) is 0 Å². The Hall–Kier alpha value is -0.870. The van der Waals surface area contributed by atoms with E-state index in [-0.39, 0.29) is 0 Å². The molecule has 1 aromatic rings. The van der Waals surface area contributed by atoms with Gasteiger partial charge in [-0.2, -0.15) is 0 Å². The molecule has 0 aromatic heterocycles. The molecule has 18 heavy (non-hydrogen) atoms. The third-order valence-corrected chi connectivity index (χ3v) is 4.15. The minimum absolute atomic E-state index is 0.552. The first-order valence-electron chi connectivity index (χ1n) is 6.24. The van der Waals surface area contributed by atoms with Crippen LogP contribution in [-0.2, 0) is 0 Å². The van der Waals surface area contributed by atoms with E-state index in [0.29, 0.717) is 5.56 Å². The molecule has 0 bridgehead atoms. The van der Waals surface area contributed by atoms with Crippen LogP contribution in [0.5, 0.6) is 0 Å². The number of aliphatic hydroxyl groups is 1. The number of carbonyl (C=O) groups is 1. The van der Waals surface area contributed by atoms with Gasteiger partial charge in [0.25, 0.3) is 0 Å². The predicted octanol–water partition coefficient (Wildman–Crippen LogP) is 3.00. The van der Waals surface area contributed by atoms with Gasteiger partial charge >= 0.3 is 0 Å². The zero-order chi connectivity index (χ0) is 13.2. The Morgan fingerprint density at radius 2 is 2.17 bits per heavy atom. The fourth-order valence-electron chi connectivity index (χ4n) is 2.36. The summed E-state index contributed by atoms with van der Waals surface area (Å²) in [5, 5.41) is 10.1. The first kappa shape index (κ1) is 13.6. The summed E-state index contributed by atoms with van der Waals surface area (Å²) >= 11 is 3.51. The number of rotatable bonds is 2. The first-order chi connectivity index (χ1) is 8.52. The molecule has 1 aliphatic rings. The van der Waals surface area contributed by atoms with Gasteiger partial charge in [-0.3, -0.25) is 4.79 Å². The molecule has 1 heterocycles. The van der Waals surface area contributed by atoms with Gasteiger partial charge in [0.1, 0.15) is 6.29 Å². The van der Waals surface area contributed by atoms with Gasteiger partial charge in [-0.1, -0.05) is 0 Å². The van der Waals surface area contributed by atoms with Gasteiger partial charge in [0.15, 0.2) is 0 Å². The SMILES string of the molecule is CC1(O)CCCN(c2ccc(C=O)cc2Br)CC1. The second kappa shape index (κ2) is 5.41. The number of benzene rings is 1. The third-order valence-electron chi connectivity index (χ3n) is 3.51. The van der Waals surface area contributed by atoms with Gasteiger partial charge in [0, 0.05) is 23.1 Å². The number of carbonyl (C=O) groups excluding carboxylic acids is 1. The van der Waals surface area contributed by atoms with Crippen LogP contribution in [0.2, 0.25) is 0 Å². The van der Waals surface area contributed by atoms with Crippen molar-refractivity contribution in [1.29, 1.82) is 0 Å². The molecule has 1 N–H and O–H groups in total. The van der Waals surface area contributed by atoms with E-state index in [1.54, 1.807) is 0 Å². The van der Waals surface area contributed by atoms with Crippen LogP contribution in [-0.4, -0.2) is 30.1 Å². The lowest BCUT2D eigenvalue weighted by molar-refractivity contribution is 0.0481. The number of hydrogen-bond acceptors (Lipinski definition) is 3. The predicted molar refractivity (Wildman–Crippen MR) is 76.2 cm³/mol. The van der Waals surface area contributed by atoms with Crippen LogP contribution in [0, 0.1) is 0 Å². The Morgan fingerprint density at radius 3 is 2.83 bits per heavy atom. The van der Waals surface area contributed by atoms with E-state index in [9.17, 15) is 9.90 Å². The lowest BCUT2D eigenvalue weighted by Gasteiger charge is -2.25. The Balaban J connectivity index is 2.18. The highest BCUT2D eigenvalue weighted by molar-refractivity contribution is 9.10. The lowest BCUT2D eigenvalue weighted by Crippen LogP contribution is -2.28. The summed E-state index contributed by atoms with van der Waals surface area (Å²) in [5.41, 5.74) is 1.22. The molecule has 4 heteroatoms. The molecule has 0 radical (unpaired) electrons. The van der Waals surface area contributed by atoms with Crippen LogP contribution in [0.1, 0.15) is 36.5 Å². The molecule has 0 aliphatic carbocycles. The molecule has 0 amide bonds. The van der Waals surface area contributed by atoms with Crippen LogP contribution in [0.25, 0.3) is 0 Å². The average Bonchev–Trinajstić information content (AvgIpc) is 2.50. The van der Waals surface area contributed by atoms with Crippen LogP contribution in [0.4, 0.5) is 5.69 Å². The zero-order valence-corrected chi connectivity index (χ0v) is 12.1. The summed E-state index contributed by atoms with van der Waals surface area (Å²) in [6.07, 6.45) is 3.44. The van der Waals surface area contributed by atoms with E-state index >= 15 is 0 Å². The van der Waals surface area contributed by atoms with Crippen LogP contribution < -0.4 is 4.90 Å².